The van der Waals surface area contributed by atoms with Crippen LogP contribution in [-0.4, -0.2) is 15.7 Å². The predicted molar refractivity (Wildman–Crippen MR) is 123 cm³/mol. The van der Waals surface area contributed by atoms with Crippen LogP contribution in [0.4, 0.5) is 0 Å². The van der Waals surface area contributed by atoms with E-state index in [9.17, 15) is 0 Å². The molecule has 0 spiro atoms. The van der Waals surface area contributed by atoms with Gasteiger partial charge in [-0.1, -0.05) is 116 Å². The Morgan fingerprint density at radius 1 is 0.692 bits per heavy atom. The van der Waals surface area contributed by atoms with Gasteiger partial charge in [0.2, 0.25) is 4.38 Å². The first kappa shape index (κ1) is 24.3. The Kier molecular flexibility index (Phi) is 15.1. The van der Waals surface area contributed by atoms with E-state index >= 15 is 0 Å². The van der Waals surface area contributed by atoms with Crippen LogP contribution in [0.25, 0.3) is 0 Å². The number of ether oxygens (including phenoxy) is 1. The molecule has 0 aromatic rings. The van der Waals surface area contributed by atoms with Gasteiger partial charge in [-0.15, -0.1) is 0 Å². The highest BCUT2D eigenvalue weighted by atomic mass is 32.2. The van der Waals surface area contributed by atoms with Crippen molar-refractivity contribution in [3.63, 3.8) is 0 Å². The molecule has 1 aliphatic heterocycles. The molecule has 0 atom stereocenters. The van der Waals surface area contributed by atoms with Crippen LogP contribution in [0, 0.1) is 0 Å². The molecule has 26 heavy (non-hydrogen) atoms. The molecular weight excluding hydrogens is 356 g/mol. The second-order valence-corrected chi connectivity index (χ2v) is 9.85. The Labute approximate surface area is 173 Å². The first-order valence-electron chi connectivity index (χ1n) is 11.6. The minimum atomic E-state index is 0.0756. The molecule has 154 valence electrons. The first-order chi connectivity index (χ1) is 12.7. The van der Waals surface area contributed by atoms with E-state index in [0.29, 0.717) is 0 Å². The van der Waals surface area contributed by atoms with Gasteiger partial charge in [-0.3, -0.25) is 0 Å². The number of hydrogen-bond donors (Lipinski definition) is 0. The molecule has 3 heteroatoms. The van der Waals surface area contributed by atoms with Crippen LogP contribution >= 0.6 is 24.0 Å². The first-order valence-corrected chi connectivity index (χ1v) is 13.0. The van der Waals surface area contributed by atoms with Crippen molar-refractivity contribution in [2.24, 2.45) is 0 Å². The summed E-state index contributed by atoms with van der Waals surface area (Å²) in [6.45, 7) is 4.58. The van der Waals surface area contributed by atoms with E-state index in [0.717, 1.165) is 10.1 Å². The minimum Gasteiger partial charge on any atom is -0.471 e. The highest BCUT2D eigenvalue weighted by molar-refractivity contribution is 8.22. The molecule has 1 heterocycles. The van der Waals surface area contributed by atoms with Crippen molar-refractivity contribution < 1.29 is 4.74 Å². The average molecular weight is 401 g/mol. The van der Waals surface area contributed by atoms with E-state index in [-0.39, 0.29) is 5.60 Å². The molecule has 0 bridgehead atoms. The molecular formula is C23H44OS2. The average Bonchev–Trinajstić information content (AvgIpc) is 3.01. The summed E-state index contributed by atoms with van der Waals surface area (Å²) in [7, 11) is 0. The van der Waals surface area contributed by atoms with Gasteiger partial charge in [0, 0.05) is 5.75 Å². The molecule has 0 aromatic heterocycles. The maximum absolute atomic E-state index is 6.16. The summed E-state index contributed by atoms with van der Waals surface area (Å²) in [5.41, 5.74) is 0.0756. The zero-order chi connectivity index (χ0) is 18.9. The molecule has 1 rings (SSSR count). The lowest BCUT2D eigenvalue weighted by molar-refractivity contribution is 0.0723. The van der Waals surface area contributed by atoms with Gasteiger partial charge in [-0.25, -0.2) is 0 Å². The van der Waals surface area contributed by atoms with E-state index < -0.39 is 0 Å². The van der Waals surface area contributed by atoms with Gasteiger partial charge in [-0.2, -0.15) is 0 Å². The van der Waals surface area contributed by atoms with Crippen LogP contribution in [0.5, 0.6) is 0 Å². The van der Waals surface area contributed by atoms with E-state index in [4.69, 9.17) is 17.0 Å². The normalized spacial score (nSPS) is 16.2. The maximum atomic E-state index is 6.16. The molecule has 0 aliphatic carbocycles. The third kappa shape index (κ3) is 11.8. The number of rotatable bonds is 18. The van der Waals surface area contributed by atoms with E-state index in [1.807, 2.05) is 0 Å². The second kappa shape index (κ2) is 16.2. The van der Waals surface area contributed by atoms with E-state index in [1.165, 1.54) is 116 Å². The molecule has 0 unspecified atom stereocenters. The lowest BCUT2D eigenvalue weighted by Gasteiger charge is -2.27. The fraction of sp³-hybridized carbons (Fsp3) is 0.957. The molecule has 1 nitrogen and oxygen atoms in total. The van der Waals surface area contributed by atoms with Crippen molar-refractivity contribution >= 4 is 28.4 Å². The number of thiocarbonyl (C=S) groups is 1. The van der Waals surface area contributed by atoms with Gasteiger partial charge in [0.15, 0.2) is 0 Å². The maximum Gasteiger partial charge on any atom is 0.220 e. The third-order valence-corrected chi connectivity index (χ3v) is 7.15. The zero-order valence-corrected chi connectivity index (χ0v) is 19.3. The van der Waals surface area contributed by atoms with Crippen molar-refractivity contribution in [2.75, 3.05) is 5.75 Å². The fourth-order valence-electron chi connectivity index (χ4n) is 3.96. The van der Waals surface area contributed by atoms with Crippen LogP contribution in [0.3, 0.4) is 0 Å². The molecule has 1 fully saturated rings. The fourth-order valence-corrected chi connectivity index (χ4v) is 5.28. The predicted octanol–water partition coefficient (Wildman–Crippen LogP) is 8.84. The van der Waals surface area contributed by atoms with Crippen molar-refractivity contribution in [1.29, 1.82) is 0 Å². The molecule has 0 radical (unpaired) electrons. The largest absolute Gasteiger partial charge is 0.471 e. The molecule has 0 aromatic carbocycles. The Morgan fingerprint density at radius 2 is 1.08 bits per heavy atom. The van der Waals surface area contributed by atoms with Crippen LogP contribution in [-0.2, 0) is 4.74 Å². The number of thioether (sulfide) groups is 1. The summed E-state index contributed by atoms with van der Waals surface area (Å²) in [5.74, 6) is 1.10. The van der Waals surface area contributed by atoms with E-state index in [2.05, 4.69) is 13.8 Å². The van der Waals surface area contributed by atoms with Gasteiger partial charge in [0.25, 0.3) is 0 Å². The van der Waals surface area contributed by atoms with E-state index in [1.54, 1.807) is 11.8 Å². The quantitative estimate of drug-likeness (QED) is 0.168. The minimum absolute atomic E-state index is 0.0756. The number of hydrogen-bond acceptors (Lipinski definition) is 3. The standard InChI is InChI=1S/C23H44OS2/c1-3-5-7-9-11-13-15-17-19-23(21-26-22(25)24-23)20-18-16-14-12-10-8-6-4-2/h3-21H2,1-2H3. The third-order valence-electron chi connectivity index (χ3n) is 5.72. The van der Waals surface area contributed by atoms with Crippen LogP contribution in [0.1, 0.15) is 129 Å². The van der Waals surface area contributed by atoms with Gasteiger partial charge in [-0.05, 0) is 37.9 Å². The van der Waals surface area contributed by atoms with Gasteiger partial charge in [0.05, 0.1) is 0 Å². The summed E-state index contributed by atoms with van der Waals surface area (Å²) in [6, 6.07) is 0. The Bertz CT molecular complexity index is 323. The molecule has 0 N–H and O–H groups in total. The molecule has 0 amide bonds. The molecule has 0 saturated carbocycles. The summed E-state index contributed by atoms with van der Waals surface area (Å²) >= 11 is 7.10. The van der Waals surface area contributed by atoms with Crippen molar-refractivity contribution in [3.05, 3.63) is 0 Å². The van der Waals surface area contributed by atoms with Crippen LogP contribution < -0.4 is 0 Å². The Hall–Kier alpha value is 0.240. The summed E-state index contributed by atoms with van der Waals surface area (Å²) < 4.78 is 6.96. The summed E-state index contributed by atoms with van der Waals surface area (Å²) in [6.07, 6.45) is 24.6. The van der Waals surface area contributed by atoms with Gasteiger partial charge >= 0.3 is 0 Å². The summed E-state index contributed by atoms with van der Waals surface area (Å²) in [4.78, 5) is 0. The zero-order valence-electron chi connectivity index (χ0n) is 17.7. The second-order valence-electron chi connectivity index (χ2n) is 8.27. The van der Waals surface area contributed by atoms with Crippen molar-refractivity contribution in [1.82, 2.24) is 0 Å². The smallest absolute Gasteiger partial charge is 0.220 e. The lowest BCUT2D eigenvalue weighted by Crippen LogP contribution is -2.31. The topological polar surface area (TPSA) is 9.23 Å². The Morgan fingerprint density at radius 3 is 1.42 bits per heavy atom. The summed E-state index contributed by atoms with van der Waals surface area (Å²) in [5, 5.41) is 0. The SMILES string of the molecule is CCCCCCCCCCC1(CCCCCCCCCC)CSC(=S)O1. The lowest BCUT2D eigenvalue weighted by atomic mass is 9.91. The molecule has 1 aliphatic rings. The highest BCUT2D eigenvalue weighted by Gasteiger charge is 2.38. The van der Waals surface area contributed by atoms with Gasteiger partial charge in [0.1, 0.15) is 5.60 Å². The van der Waals surface area contributed by atoms with Crippen molar-refractivity contribution in [3.8, 4) is 0 Å². The highest BCUT2D eigenvalue weighted by Crippen LogP contribution is 2.38. The monoisotopic (exact) mass is 400 g/mol. The van der Waals surface area contributed by atoms with Crippen LogP contribution in [0.15, 0.2) is 0 Å². The molecule has 1 saturated heterocycles. The van der Waals surface area contributed by atoms with Gasteiger partial charge < -0.3 is 4.74 Å². The van der Waals surface area contributed by atoms with Crippen LogP contribution in [0.2, 0.25) is 0 Å². The number of unbranched alkanes of at least 4 members (excludes halogenated alkanes) is 14. The van der Waals surface area contributed by atoms with Crippen molar-refractivity contribution in [2.45, 2.75) is 135 Å². The Balaban J connectivity index is 2.10.